The molecule has 0 aromatic rings. The first kappa shape index (κ1) is 95.2. The quantitative estimate of drug-likeness (QED) is 0.0116. The van der Waals surface area contributed by atoms with Crippen LogP contribution in [0.3, 0.4) is 0 Å². The molecule has 0 rings (SSSR count). The van der Waals surface area contributed by atoms with E-state index in [1.54, 1.807) is 13.8 Å². The summed E-state index contributed by atoms with van der Waals surface area (Å²) < 4.78 is 36.5. The number of halogens is 2. The molecule has 8 nitrogen and oxygen atoms in total. The first-order valence-electron chi connectivity index (χ1n) is 32.7. The Morgan fingerprint density at radius 1 is 0.398 bits per heavy atom. The molecular weight excluding hydrogens is 1320 g/mol. The van der Waals surface area contributed by atoms with Crippen molar-refractivity contribution in [2.24, 2.45) is 0 Å². The summed E-state index contributed by atoms with van der Waals surface area (Å²) in [6.07, 6.45) is 36.7. The van der Waals surface area contributed by atoms with Crippen LogP contribution in [-0.4, -0.2) is 109 Å². The van der Waals surface area contributed by atoms with E-state index in [4.69, 9.17) is 18.5 Å². The molecule has 0 heterocycles. The van der Waals surface area contributed by atoms with Crippen molar-refractivity contribution in [3.05, 3.63) is 0 Å². The molecule has 0 aliphatic heterocycles. The zero-order chi connectivity index (χ0) is 68.0. The topological polar surface area (TPSA) is 88.1 Å². The molecule has 0 spiro atoms. The normalized spacial score (nSPS) is 9.62. The van der Waals surface area contributed by atoms with Gasteiger partial charge in [-0.1, -0.05) is 123 Å². The molecule has 0 saturated heterocycles. The molecule has 0 amide bonds. The second-order valence-corrected chi connectivity index (χ2v) is 34.7. The van der Waals surface area contributed by atoms with Crippen LogP contribution < -0.4 is 36.4 Å². The van der Waals surface area contributed by atoms with Crippen molar-refractivity contribution in [3.63, 3.8) is 0 Å². The van der Waals surface area contributed by atoms with Gasteiger partial charge < -0.3 is 50.3 Å². The number of likely N-dealkylation sites (N-methyl/N-ethyl adjacent to an activating group) is 1. The van der Waals surface area contributed by atoms with E-state index in [-0.39, 0.29) is 85.8 Å². The third-order valence-corrected chi connectivity index (χ3v) is 16.5. The molecule has 0 aliphatic rings. The van der Waals surface area contributed by atoms with E-state index in [2.05, 4.69) is 244 Å². The van der Waals surface area contributed by atoms with Gasteiger partial charge in [0.2, 0.25) is 0 Å². The minimum absolute atomic E-state index is 0. The summed E-state index contributed by atoms with van der Waals surface area (Å²) in [5.74, 6) is 76.9. The van der Waals surface area contributed by atoms with Gasteiger partial charge in [-0.15, -0.1) is 0 Å². The molecule has 0 saturated carbocycles. The Morgan fingerprint density at radius 2 is 0.656 bits per heavy atom. The van der Waals surface area contributed by atoms with Gasteiger partial charge in [-0.25, -0.2) is 9.59 Å². The minimum Gasteiger partial charge on any atom is -1.00 e. The second kappa shape index (κ2) is 69.8. The maximum atomic E-state index is 13.6. The molecule has 0 N–H and O–H groups in total. The van der Waals surface area contributed by atoms with Crippen molar-refractivity contribution in [1.82, 2.24) is 0 Å². The molecule has 0 aromatic carbocycles. The predicted octanol–water partition coefficient (Wildman–Crippen LogP) is 16.5. The van der Waals surface area contributed by atoms with Crippen LogP contribution in [0.1, 0.15) is 258 Å². The molecule has 1 atom stereocenters. The van der Waals surface area contributed by atoms with Gasteiger partial charge in [0.15, 0.2) is 6.10 Å². The number of esters is 2. The van der Waals surface area contributed by atoms with Crippen LogP contribution >= 0.6 is 14.2 Å². The van der Waals surface area contributed by atoms with Crippen molar-refractivity contribution < 1.29 is 116 Å². The molecule has 0 aromatic heterocycles. The van der Waals surface area contributed by atoms with E-state index >= 15 is 0 Å². The van der Waals surface area contributed by atoms with Crippen molar-refractivity contribution in [3.8, 4) is 189 Å². The third-order valence-electron chi connectivity index (χ3n) is 12.2. The number of carbonyl (C=O) groups excluding carboxylic acids is 2. The molecule has 93 heavy (non-hydrogen) atoms. The second-order valence-electron chi connectivity index (χ2n) is 24.2. The minimum atomic E-state index is -2.99. The van der Waals surface area contributed by atoms with E-state index in [1.807, 2.05) is 21.1 Å². The number of quaternary nitrogens is 1. The first-order valence-corrected chi connectivity index (χ1v) is 38.6. The van der Waals surface area contributed by atoms with Crippen LogP contribution in [-0.2, 0) is 32.7 Å². The molecule has 562 valence electrons. The number of hydrogen-bond acceptors (Lipinski definition) is 7. The van der Waals surface area contributed by atoms with E-state index in [1.165, 1.54) is 161 Å². The third kappa shape index (κ3) is 85.5. The molecule has 12 heteroatoms. The van der Waals surface area contributed by atoms with Crippen LogP contribution in [0.5, 0.6) is 0 Å². The summed E-state index contributed by atoms with van der Waals surface area (Å²) in [6, 6.07) is 0. The van der Waals surface area contributed by atoms with Gasteiger partial charge in [0, 0.05) is 54.6 Å². The number of rotatable bonds is 38. The van der Waals surface area contributed by atoms with Crippen LogP contribution in [0.25, 0.3) is 0 Å². The standard InChI is InChI=1S/C42H20NO4.C34H74O3P2.C5H12.ClH.HI.30H2/c1-6-8-10-12-14-16-18-20-22-24-26-28-30-32-34-36-41(44)46-39-40(38-43(3,4)5)47-42(45)37-35-33-31-29-27-25-23-21-19-17-15-13-11-9-7-2;1-7-9-11-13-15-17-19-21-23-25-27-29-31-36-38(35,33-34-39(3,4,5)6)37-32-30-28-26-24-22-20-18-16-14-12-10-8-2;1-3-5-4-2;;;;;;;;;;;;;;;;;;;;;;;;;;;;;;;;/h40H,38-39H2,1-5H3;7-34H2,1-6H3;3-5H2,1-2H3;32*1H/q+1;;;;;;;;;;;;;;;;;;;;;;;;;;;;;;;;;;/p-2. The summed E-state index contributed by atoms with van der Waals surface area (Å²) in [5.41, 5.74) is 0. The van der Waals surface area contributed by atoms with Gasteiger partial charge in [0.25, 0.3) is 0 Å². The van der Waals surface area contributed by atoms with Crippen LogP contribution in [0.2, 0.25) is 0 Å². The summed E-state index contributed by atoms with van der Waals surface area (Å²) in [6.45, 7) is 21.3. The molecule has 1 unspecified atom stereocenters. The Balaban J connectivity index is -0.0000000291. The van der Waals surface area contributed by atoms with Gasteiger partial charge in [0.1, 0.15) is 13.2 Å². The van der Waals surface area contributed by atoms with Gasteiger partial charge in [-0.2, -0.15) is 0 Å². The van der Waals surface area contributed by atoms with E-state index in [9.17, 15) is 14.2 Å². The smallest absolute Gasteiger partial charge is 1.00 e. The van der Waals surface area contributed by atoms with Gasteiger partial charge >= 0.3 is 182 Å². The fraction of sp³-hybridized carbons (Fsp3) is 0.580. The number of nitrogens with zero attached hydrogens (tertiary/aromatic N) is 1. The average Bonchev–Trinajstić information content (AvgIpc) is 0.839. The molecular formula is C81H166ClINO7P2-. The Labute approximate surface area is 637 Å². The van der Waals surface area contributed by atoms with E-state index in [0.717, 1.165) is 19.0 Å². The molecule has 0 radical (unpaired) electrons. The summed E-state index contributed by atoms with van der Waals surface area (Å²) in [7, 11) is 2.64. The summed E-state index contributed by atoms with van der Waals surface area (Å²) >= 11 is 0. The number of unbranched alkanes of at least 4 members (excludes halogenated alkanes) is 24. The SMILES string of the molecule is CC#CC#CC#CC#CC#CC#CC#CC#CC(=O)OCC(C[N+](C)(C)C)OC(=O)C#CC#CC#CC#CC#CC#CC#CC#CC.CCCCC.CCCCCCCCCCCCCCOP(=O)(CCP(C)(C)(C)C)OCCCCCCCCCCCCCC.[Cl-].[HH].[HH].[HH].[HH].[HH].[HH].[HH].[HH].[HH].[HH].[HH].[HH].[HH].[HH].[HH].[HH].[HH].[HH].[HH].[HH].[HH].[HH].[HH].[HH].[HH].[HH].[HH].[HH].[HH].[HH].[I-]. The van der Waals surface area contributed by atoms with E-state index in [0.29, 0.717) is 30.4 Å². The van der Waals surface area contributed by atoms with Crippen molar-refractivity contribution in [1.29, 1.82) is 0 Å². The number of ether oxygens (including phenoxy) is 2. The fourth-order valence-electron chi connectivity index (χ4n) is 7.50. The average molecular weight is 1490 g/mol. The number of hydrogen-bond donors (Lipinski definition) is 0. The van der Waals surface area contributed by atoms with E-state index < -0.39 is 32.2 Å². The van der Waals surface area contributed by atoms with Gasteiger partial charge in [-0.3, -0.25) is 0 Å². The van der Waals surface area contributed by atoms with Crippen LogP contribution in [0.4, 0.5) is 0 Å². The number of carbonyl (C=O) groups is 2. The summed E-state index contributed by atoms with van der Waals surface area (Å²) in [5, 5.41) is 0. The Kier molecular flexibility index (Phi) is 71.4. The summed E-state index contributed by atoms with van der Waals surface area (Å²) in [4.78, 5) is 24.1. The Hall–Kier alpha value is -6.54. The zero-order valence-electron chi connectivity index (χ0n) is 58.9. The van der Waals surface area contributed by atoms with Crippen molar-refractivity contribution >= 4 is 26.1 Å². The molecule has 0 bridgehead atoms. The Morgan fingerprint density at radius 3 is 0.914 bits per heavy atom. The van der Waals surface area contributed by atoms with Crippen LogP contribution in [0.15, 0.2) is 0 Å². The first-order chi connectivity index (χ1) is 43.8. The molecule has 0 fully saturated rings. The van der Waals surface area contributed by atoms with Crippen molar-refractivity contribution in [2.45, 2.75) is 221 Å². The predicted molar refractivity (Wildman–Crippen MR) is 450 cm³/mol. The van der Waals surface area contributed by atoms with Crippen LogP contribution in [0, 0.1) is 189 Å². The van der Waals surface area contributed by atoms with Crippen molar-refractivity contribution in [2.75, 3.05) is 86.5 Å². The molecule has 0 aliphatic carbocycles. The zero-order valence-corrected chi connectivity index (χ0v) is 63.6. The van der Waals surface area contributed by atoms with Gasteiger partial charge in [0.05, 0.1) is 21.1 Å². The fourth-order valence-corrected chi connectivity index (χ4v) is 12.8. The maximum absolute atomic E-state index is 13.6. The Bertz CT molecular complexity index is 3320. The monoisotopic (exact) mass is 1490 g/mol. The van der Waals surface area contributed by atoms with Gasteiger partial charge in [-0.05, 0) is 180 Å².